The van der Waals surface area contributed by atoms with Crippen LogP contribution in [0.25, 0.3) is 0 Å². The first-order chi connectivity index (χ1) is 19.7. The summed E-state index contributed by atoms with van der Waals surface area (Å²) in [5.41, 5.74) is 1.76. The molecule has 1 saturated heterocycles. The van der Waals surface area contributed by atoms with Crippen LogP contribution in [0.5, 0.6) is 11.5 Å². The van der Waals surface area contributed by atoms with Crippen LogP contribution in [-0.2, 0) is 16.0 Å². The van der Waals surface area contributed by atoms with Gasteiger partial charge in [0.1, 0.15) is 6.33 Å². The Bertz CT molecular complexity index is 1160. The van der Waals surface area contributed by atoms with Crippen LogP contribution in [0, 0.1) is 5.92 Å². The van der Waals surface area contributed by atoms with Gasteiger partial charge in [0.25, 0.3) is 0 Å². The largest absolute Gasteiger partial charge is 0.481 e. The molecule has 0 aliphatic carbocycles. The number of nitrogens with zero attached hydrogens (tertiary/aromatic N) is 5. The molecule has 0 bridgehead atoms. The van der Waals surface area contributed by atoms with Gasteiger partial charge in [-0.1, -0.05) is 19.4 Å². The third-order valence-corrected chi connectivity index (χ3v) is 8.18. The lowest BCUT2D eigenvalue weighted by molar-refractivity contribution is -0.870. The molecule has 224 valence electrons. The van der Waals surface area contributed by atoms with Crippen LogP contribution in [0.15, 0.2) is 36.8 Å². The molecule has 1 fully saturated rings. The van der Waals surface area contributed by atoms with Gasteiger partial charge in [-0.15, -0.1) is 0 Å². The number of benzene rings is 1. The van der Waals surface area contributed by atoms with Crippen LogP contribution in [0.3, 0.4) is 0 Å². The van der Waals surface area contributed by atoms with E-state index in [1.807, 2.05) is 29.2 Å². The number of aryl methyl sites for hydroxylation is 1. The van der Waals surface area contributed by atoms with Gasteiger partial charge in [0.2, 0.25) is 12.7 Å². The van der Waals surface area contributed by atoms with Crippen molar-refractivity contribution in [1.29, 1.82) is 0 Å². The zero-order valence-corrected chi connectivity index (χ0v) is 25.0. The summed E-state index contributed by atoms with van der Waals surface area (Å²) in [6.07, 6.45) is 8.39. The van der Waals surface area contributed by atoms with E-state index in [9.17, 15) is 14.7 Å². The van der Waals surface area contributed by atoms with E-state index in [0.717, 1.165) is 61.1 Å². The second-order valence-corrected chi connectivity index (χ2v) is 12.3. The minimum absolute atomic E-state index is 0.0752. The van der Waals surface area contributed by atoms with Crippen LogP contribution in [0.4, 0.5) is 0 Å². The number of carboxylic acid groups (broad SMARTS) is 1. The number of rotatable bonds is 15. The smallest absolute Gasteiger partial charge is 0.308 e. The third-order valence-electron chi connectivity index (χ3n) is 8.18. The van der Waals surface area contributed by atoms with Crippen molar-refractivity contribution in [3.63, 3.8) is 0 Å². The number of carbonyl (C=O) groups excluding carboxylic acids is 1. The number of hydrogen-bond donors (Lipinski definition) is 1. The summed E-state index contributed by atoms with van der Waals surface area (Å²) < 4.78 is 12.0. The predicted octanol–water partition coefficient (Wildman–Crippen LogP) is 3.42. The minimum Gasteiger partial charge on any atom is -0.481 e. The second-order valence-electron chi connectivity index (χ2n) is 12.3. The van der Waals surface area contributed by atoms with Crippen LogP contribution >= 0.6 is 0 Å². The Morgan fingerprint density at radius 3 is 2.59 bits per heavy atom. The molecule has 4 rings (SSSR count). The monoisotopic (exact) mass is 568 g/mol. The highest BCUT2D eigenvalue weighted by Gasteiger charge is 2.47. The van der Waals surface area contributed by atoms with E-state index in [-0.39, 0.29) is 31.2 Å². The molecule has 3 heterocycles. The number of hydrogen-bond acceptors (Lipinski definition) is 7. The van der Waals surface area contributed by atoms with Gasteiger partial charge in [-0.2, -0.15) is 0 Å². The summed E-state index contributed by atoms with van der Waals surface area (Å²) in [5.74, 6) is -0.414. The molecule has 0 spiro atoms. The molecule has 2 aromatic rings. The average Bonchev–Trinajstić information content (AvgIpc) is 3.55. The lowest BCUT2D eigenvalue weighted by Crippen LogP contribution is -2.45. The zero-order valence-electron chi connectivity index (χ0n) is 25.0. The molecule has 10 nitrogen and oxygen atoms in total. The maximum atomic E-state index is 13.8. The summed E-state index contributed by atoms with van der Waals surface area (Å²) >= 11 is 0. The van der Waals surface area contributed by atoms with Crippen molar-refractivity contribution in [1.82, 2.24) is 19.8 Å². The number of quaternary nitrogens is 1. The van der Waals surface area contributed by atoms with Crippen LogP contribution in [-0.4, -0.2) is 108 Å². The fourth-order valence-electron chi connectivity index (χ4n) is 5.97. The highest BCUT2D eigenvalue weighted by molar-refractivity contribution is 5.79. The second kappa shape index (κ2) is 14.1. The molecule has 1 aromatic heterocycles. The van der Waals surface area contributed by atoms with Gasteiger partial charge in [-0.25, -0.2) is 9.97 Å². The maximum absolute atomic E-state index is 13.8. The van der Waals surface area contributed by atoms with Crippen LogP contribution in [0.1, 0.15) is 56.2 Å². The van der Waals surface area contributed by atoms with Gasteiger partial charge >= 0.3 is 5.97 Å². The summed E-state index contributed by atoms with van der Waals surface area (Å²) in [5, 5.41) is 10.5. The van der Waals surface area contributed by atoms with Crippen molar-refractivity contribution in [3.8, 4) is 11.5 Å². The SMILES string of the molecule is CCCCN(CCCC[N+](C)(C)C)C(=O)CN1C[C@H](c2ccc3c(c2)OCO3)[C@@H](C(=O)O)[C@@H]1CCc1ccncn1. The number of fused-ring (bicyclic) bond motifs is 1. The van der Waals surface area contributed by atoms with Crippen molar-refractivity contribution < 1.29 is 28.7 Å². The van der Waals surface area contributed by atoms with Crippen molar-refractivity contribution in [2.45, 2.75) is 57.4 Å². The molecular weight excluding hydrogens is 522 g/mol. The van der Waals surface area contributed by atoms with Crippen LogP contribution in [0.2, 0.25) is 0 Å². The first kappa shape index (κ1) is 30.7. The number of amides is 1. The molecule has 0 unspecified atom stereocenters. The van der Waals surface area contributed by atoms with E-state index in [1.54, 1.807) is 6.20 Å². The fraction of sp³-hybridized carbons (Fsp3) is 0.613. The van der Waals surface area contributed by atoms with Gasteiger partial charge in [-0.05, 0) is 55.9 Å². The lowest BCUT2D eigenvalue weighted by atomic mass is 9.83. The Morgan fingerprint density at radius 2 is 1.88 bits per heavy atom. The summed E-state index contributed by atoms with van der Waals surface area (Å²) in [4.78, 5) is 39.0. The van der Waals surface area contributed by atoms with E-state index < -0.39 is 11.9 Å². The van der Waals surface area contributed by atoms with Crippen molar-refractivity contribution in [3.05, 3.63) is 48.0 Å². The molecule has 1 amide bonds. The van der Waals surface area contributed by atoms with Gasteiger partial charge in [-0.3, -0.25) is 14.5 Å². The van der Waals surface area contributed by atoms with Crippen molar-refractivity contribution in [2.24, 2.45) is 5.92 Å². The molecule has 2 aliphatic rings. The maximum Gasteiger partial charge on any atom is 0.308 e. The minimum atomic E-state index is -0.849. The van der Waals surface area contributed by atoms with Gasteiger partial charge < -0.3 is 24.0 Å². The normalized spacial score (nSPS) is 20.3. The molecule has 0 radical (unpaired) electrons. The van der Waals surface area contributed by atoms with Crippen molar-refractivity contribution in [2.75, 3.05) is 60.7 Å². The lowest BCUT2D eigenvalue weighted by Gasteiger charge is -2.30. The fourth-order valence-corrected chi connectivity index (χ4v) is 5.97. The third kappa shape index (κ3) is 8.39. The molecule has 3 atom stereocenters. The quantitative estimate of drug-likeness (QED) is 0.258. The highest BCUT2D eigenvalue weighted by Crippen LogP contribution is 2.43. The summed E-state index contributed by atoms with van der Waals surface area (Å²) in [6.45, 7) is 5.51. The first-order valence-electron chi connectivity index (χ1n) is 14.9. The zero-order chi connectivity index (χ0) is 29.4. The van der Waals surface area contributed by atoms with E-state index >= 15 is 0 Å². The van der Waals surface area contributed by atoms with E-state index in [2.05, 4.69) is 42.9 Å². The molecule has 1 N–H and O–H groups in total. The Morgan fingerprint density at radius 1 is 1.10 bits per heavy atom. The Kier molecular flexibility index (Phi) is 10.6. The number of unbranched alkanes of at least 4 members (excludes halogenated alkanes) is 2. The molecule has 10 heteroatoms. The number of aliphatic carboxylic acids is 1. The average molecular weight is 569 g/mol. The first-order valence-corrected chi connectivity index (χ1v) is 14.9. The number of aromatic nitrogens is 2. The Labute approximate surface area is 243 Å². The van der Waals surface area contributed by atoms with Gasteiger partial charge in [0.15, 0.2) is 11.5 Å². The standard InChI is InChI=1S/C31H45N5O5/c1-5-6-15-34(16-7-8-17-36(2,3)4)29(37)20-35-19-25(23-9-12-27-28(18-23)41-22-40-27)30(31(38)39)26(35)11-10-24-13-14-32-21-33-24/h9,12-14,18,21,25-26,30H,5-8,10-11,15-17,19-20,22H2,1-4H3/p+1/t25-,26+,30-/m1/s1. The van der Waals surface area contributed by atoms with Gasteiger partial charge in [0.05, 0.1) is 40.2 Å². The van der Waals surface area contributed by atoms with E-state index in [4.69, 9.17) is 9.47 Å². The number of carboxylic acids is 1. The van der Waals surface area contributed by atoms with Crippen molar-refractivity contribution >= 4 is 11.9 Å². The Balaban J connectivity index is 1.54. The molecular formula is C31H46N5O5+. The van der Waals surface area contributed by atoms with Crippen LogP contribution < -0.4 is 9.47 Å². The molecule has 41 heavy (non-hydrogen) atoms. The summed E-state index contributed by atoms with van der Waals surface area (Å²) in [6, 6.07) is 7.23. The number of ether oxygens (including phenoxy) is 2. The topological polar surface area (TPSA) is 105 Å². The van der Waals surface area contributed by atoms with Gasteiger partial charge in [0, 0.05) is 43.5 Å². The molecule has 2 aliphatic heterocycles. The van der Waals surface area contributed by atoms with E-state index in [1.165, 1.54) is 6.33 Å². The molecule has 1 aromatic carbocycles. The Hall–Kier alpha value is -3.24. The highest BCUT2D eigenvalue weighted by atomic mass is 16.7. The summed E-state index contributed by atoms with van der Waals surface area (Å²) in [7, 11) is 6.55. The molecule has 0 saturated carbocycles. The predicted molar refractivity (Wildman–Crippen MR) is 156 cm³/mol. The van der Waals surface area contributed by atoms with E-state index in [0.29, 0.717) is 30.9 Å². The number of carbonyl (C=O) groups is 2. The number of likely N-dealkylation sites (tertiary alicyclic amines) is 1.